The topological polar surface area (TPSA) is 32.7 Å². The Labute approximate surface area is 121 Å². The lowest BCUT2D eigenvalue weighted by Gasteiger charge is -2.36. The zero-order chi connectivity index (χ0) is 13.9. The molecule has 0 bridgehead atoms. The first-order valence-corrected chi connectivity index (χ1v) is 7.90. The Hall–Kier alpha value is -0.900. The maximum absolute atomic E-state index is 10.8. The molecule has 0 amide bonds. The maximum Gasteiger partial charge on any atom is 0.107 e. The molecule has 1 aromatic carbocycles. The number of aliphatic hydroxyl groups is 1. The number of likely N-dealkylation sites (N-methyl/N-ethyl adjacent to an activating group) is 1. The van der Waals surface area contributed by atoms with Crippen molar-refractivity contribution < 1.29 is 9.84 Å². The van der Waals surface area contributed by atoms with Gasteiger partial charge in [-0.15, -0.1) is 0 Å². The van der Waals surface area contributed by atoms with E-state index in [0.29, 0.717) is 5.92 Å². The van der Waals surface area contributed by atoms with Gasteiger partial charge in [-0.25, -0.2) is 0 Å². The molecule has 1 aromatic rings. The highest BCUT2D eigenvalue weighted by Gasteiger charge is 2.31. The fourth-order valence-corrected chi connectivity index (χ4v) is 3.28. The summed E-state index contributed by atoms with van der Waals surface area (Å²) >= 11 is 0. The average molecular weight is 275 g/mol. The Morgan fingerprint density at radius 1 is 1.35 bits per heavy atom. The number of aliphatic hydroxyl groups excluding tert-OH is 1. The van der Waals surface area contributed by atoms with Gasteiger partial charge in [-0.2, -0.15) is 0 Å². The molecule has 1 aliphatic heterocycles. The molecule has 20 heavy (non-hydrogen) atoms. The van der Waals surface area contributed by atoms with Crippen LogP contribution >= 0.6 is 0 Å². The fourth-order valence-electron chi connectivity index (χ4n) is 3.28. The van der Waals surface area contributed by atoms with Gasteiger partial charge < -0.3 is 9.84 Å². The number of hydrogen-bond donors (Lipinski definition) is 1. The monoisotopic (exact) mass is 275 g/mol. The average Bonchev–Trinajstić information content (AvgIpc) is 2.45. The third kappa shape index (κ3) is 2.76. The SMILES string of the molecule is CCN1CCOC(C(O)c2ccccc2C2CCC2)C1. The molecule has 3 rings (SSSR count). The van der Waals surface area contributed by atoms with Crippen molar-refractivity contribution in [3.8, 4) is 0 Å². The van der Waals surface area contributed by atoms with Gasteiger partial charge >= 0.3 is 0 Å². The van der Waals surface area contributed by atoms with Crippen LogP contribution in [0, 0.1) is 0 Å². The van der Waals surface area contributed by atoms with Gasteiger partial charge in [-0.1, -0.05) is 37.6 Å². The van der Waals surface area contributed by atoms with Crippen molar-refractivity contribution in [1.82, 2.24) is 4.90 Å². The van der Waals surface area contributed by atoms with Crippen LogP contribution in [-0.2, 0) is 4.74 Å². The predicted octanol–water partition coefficient (Wildman–Crippen LogP) is 2.71. The third-order valence-corrected chi connectivity index (χ3v) is 4.84. The summed E-state index contributed by atoms with van der Waals surface area (Å²) in [7, 11) is 0. The van der Waals surface area contributed by atoms with Gasteiger partial charge in [0.05, 0.1) is 6.61 Å². The third-order valence-electron chi connectivity index (χ3n) is 4.84. The lowest BCUT2D eigenvalue weighted by Crippen LogP contribution is -2.45. The van der Waals surface area contributed by atoms with E-state index in [0.717, 1.165) is 31.8 Å². The van der Waals surface area contributed by atoms with Crippen LogP contribution < -0.4 is 0 Å². The van der Waals surface area contributed by atoms with Crippen LogP contribution in [0.25, 0.3) is 0 Å². The second-order valence-electron chi connectivity index (χ2n) is 6.00. The summed E-state index contributed by atoms with van der Waals surface area (Å²) in [6.07, 6.45) is 3.25. The summed E-state index contributed by atoms with van der Waals surface area (Å²) in [5.74, 6) is 0.645. The van der Waals surface area contributed by atoms with Crippen LogP contribution in [0.5, 0.6) is 0 Å². The number of rotatable bonds is 4. The van der Waals surface area contributed by atoms with E-state index in [9.17, 15) is 5.11 Å². The number of morpholine rings is 1. The zero-order valence-electron chi connectivity index (χ0n) is 12.3. The number of nitrogens with zero attached hydrogens (tertiary/aromatic N) is 1. The normalized spacial score (nSPS) is 26.2. The minimum absolute atomic E-state index is 0.0927. The second kappa shape index (κ2) is 6.25. The van der Waals surface area contributed by atoms with Gasteiger partial charge in [0.2, 0.25) is 0 Å². The molecule has 3 nitrogen and oxygen atoms in total. The van der Waals surface area contributed by atoms with E-state index in [1.807, 2.05) is 6.07 Å². The van der Waals surface area contributed by atoms with Crippen LogP contribution in [0.3, 0.4) is 0 Å². The van der Waals surface area contributed by atoms with Gasteiger partial charge in [-0.05, 0) is 36.4 Å². The zero-order valence-corrected chi connectivity index (χ0v) is 12.3. The Morgan fingerprint density at radius 3 is 2.85 bits per heavy atom. The van der Waals surface area contributed by atoms with E-state index < -0.39 is 6.10 Å². The fraction of sp³-hybridized carbons (Fsp3) is 0.647. The smallest absolute Gasteiger partial charge is 0.107 e. The second-order valence-corrected chi connectivity index (χ2v) is 6.00. The van der Waals surface area contributed by atoms with E-state index in [1.165, 1.54) is 24.8 Å². The Morgan fingerprint density at radius 2 is 2.15 bits per heavy atom. The van der Waals surface area contributed by atoms with Crippen molar-refractivity contribution in [1.29, 1.82) is 0 Å². The highest BCUT2D eigenvalue weighted by Crippen LogP contribution is 2.40. The van der Waals surface area contributed by atoms with Gasteiger partial charge in [0, 0.05) is 13.1 Å². The summed E-state index contributed by atoms with van der Waals surface area (Å²) in [6, 6.07) is 8.38. The molecule has 2 aliphatic rings. The summed E-state index contributed by atoms with van der Waals surface area (Å²) < 4.78 is 5.82. The van der Waals surface area contributed by atoms with Crippen LogP contribution in [0.4, 0.5) is 0 Å². The van der Waals surface area contributed by atoms with Crippen molar-refractivity contribution >= 4 is 0 Å². The lowest BCUT2D eigenvalue weighted by atomic mass is 9.77. The molecule has 1 aliphatic carbocycles. The molecule has 1 saturated heterocycles. The molecule has 0 spiro atoms. The lowest BCUT2D eigenvalue weighted by molar-refractivity contribution is -0.0892. The molecule has 2 unspecified atom stereocenters. The molecular weight excluding hydrogens is 250 g/mol. The van der Waals surface area contributed by atoms with Crippen LogP contribution in [0.1, 0.15) is 49.3 Å². The first-order chi connectivity index (χ1) is 9.79. The number of ether oxygens (including phenoxy) is 1. The van der Waals surface area contributed by atoms with E-state index in [1.54, 1.807) is 0 Å². The Bertz CT molecular complexity index is 444. The first kappa shape index (κ1) is 14.1. The quantitative estimate of drug-likeness (QED) is 0.917. The van der Waals surface area contributed by atoms with Gasteiger partial charge in [0.25, 0.3) is 0 Å². The van der Waals surface area contributed by atoms with E-state index >= 15 is 0 Å². The van der Waals surface area contributed by atoms with Gasteiger partial charge in [-0.3, -0.25) is 4.90 Å². The van der Waals surface area contributed by atoms with Gasteiger partial charge in [0.1, 0.15) is 12.2 Å². The molecular formula is C17H25NO2. The molecule has 2 fully saturated rings. The number of hydrogen-bond acceptors (Lipinski definition) is 3. The molecule has 3 heteroatoms. The van der Waals surface area contributed by atoms with E-state index in [2.05, 4.69) is 30.0 Å². The summed E-state index contributed by atoms with van der Waals surface area (Å²) in [5.41, 5.74) is 2.42. The minimum Gasteiger partial charge on any atom is -0.386 e. The van der Waals surface area contributed by atoms with E-state index in [-0.39, 0.29) is 6.10 Å². The molecule has 0 radical (unpaired) electrons. The Balaban J connectivity index is 1.77. The van der Waals surface area contributed by atoms with Crippen molar-refractivity contribution in [2.45, 2.75) is 44.3 Å². The standard InChI is InChI=1S/C17H25NO2/c1-2-18-10-11-20-16(12-18)17(19)15-9-4-3-8-14(15)13-6-5-7-13/h3-4,8-9,13,16-17,19H,2,5-7,10-12H2,1H3. The van der Waals surface area contributed by atoms with Crippen molar-refractivity contribution in [2.75, 3.05) is 26.2 Å². The molecule has 110 valence electrons. The van der Waals surface area contributed by atoms with E-state index in [4.69, 9.17) is 4.74 Å². The van der Waals surface area contributed by atoms with Crippen LogP contribution in [0.15, 0.2) is 24.3 Å². The van der Waals surface area contributed by atoms with Gasteiger partial charge in [0.15, 0.2) is 0 Å². The van der Waals surface area contributed by atoms with Crippen LogP contribution in [-0.4, -0.2) is 42.4 Å². The summed E-state index contributed by atoms with van der Waals surface area (Å²) in [6.45, 7) is 5.72. The summed E-state index contributed by atoms with van der Waals surface area (Å²) in [5, 5.41) is 10.8. The maximum atomic E-state index is 10.8. The molecule has 0 aromatic heterocycles. The molecule has 2 atom stereocenters. The van der Waals surface area contributed by atoms with Crippen molar-refractivity contribution in [3.05, 3.63) is 35.4 Å². The summed E-state index contributed by atoms with van der Waals surface area (Å²) in [4.78, 5) is 2.35. The largest absolute Gasteiger partial charge is 0.386 e. The van der Waals surface area contributed by atoms with Crippen molar-refractivity contribution in [3.63, 3.8) is 0 Å². The molecule has 1 saturated carbocycles. The molecule has 1 N–H and O–H groups in total. The minimum atomic E-state index is -0.499. The highest BCUT2D eigenvalue weighted by atomic mass is 16.5. The Kier molecular flexibility index (Phi) is 4.39. The first-order valence-electron chi connectivity index (χ1n) is 7.90. The number of benzene rings is 1. The highest BCUT2D eigenvalue weighted by molar-refractivity contribution is 5.34. The van der Waals surface area contributed by atoms with Crippen molar-refractivity contribution in [2.24, 2.45) is 0 Å². The van der Waals surface area contributed by atoms with Crippen LogP contribution in [0.2, 0.25) is 0 Å². The predicted molar refractivity (Wildman–Crippen MR) is 79.8 cm³/mol. The molecule has 1 heterocycles.